The van der Waals surface area contributed by atoms with Gasteiger partial charge >= 0.3 is 0 Å². The maximum Gasteiger partial charge on any atom is 0.237 e. The van der Waals surface area contributed by atoms with Crippen molar-refractivity contribution in [3.8, 4) is 0 Å². The standard InChI is InChI=1S/C12H23N3O3S/c1-14(19(2,17)18)9-12(16)15-5-3-10-7-13-8-11(10)4-6-15/h10-11,13H,3-9H2,1-2H3/t10-,11+. The molecular weight excluding hydrogens is 266 g/mol. The average molecular weight is 289 g/mol. The molecule has 2 heterocycles. The van der Waals surface area contributed by atoms with Crippen molar-refractivity contribution < 1.29 is 13.2 Å². The summed E-state index contributed by atoms with van der Waals surface area (Å²) in [7, 11) is -1.84. The number of nitrogens with zero attached hydrogens (tertiary/aromatic N) is 2. The minimum Gasteiger partial charge on any atom is -0.342 e. The zero-order chi connectivity index (χ0) is 14.0. The highest BCUT2D eigenvalue weighted by Gasteiger charge is 2.31. The van der Waals surface area contributed by atoms with E-state index in [0.717, 1.165) is 49.6 Å². The number of rotatable bonds is 3. The lowest BCUT2D eigenvalue weighted by Gasteiger charge is -2.23. The van der Waals surface area contributed by atoms with E-state index < -0.39 is 10.0 Å². The van der Waals surface area contributed by atoms with Crippen molar-refractivity contribution in [1.82, 2.24) is 14.5 Å². The third kappa shape index (κ3) is 3.67. The molecule has 6 nitrogen and oxygen atoms in total. The van der Waals surface area contributed by atoms with Crippen molar-refractivity contribution in [2.45, 2.75) is 12.8 Å². The first kappa shape index (κ1) is 14.7. The van der Waals surface area contributed by atoms with Crippen molar-refractivity contribution in [2.75, 3.05) is 46.0 Å². The van der Waals surface area contributed by atoms with Crippen molar-refractivity contribution in [3.05, 3.63) is 0 Å². The van der Waals surface area contributed by atoms with Crippen LogP contribution >= 0.6 is 0 Å². The van der Waals surface area contributed by atoms with E-state index in [4.69, 9.17) is 0 Å². The Balaban J connectivity index is 1.90. The predicted octanol–water partition coefficient (Wildman–Crippen LogP) is -0.664. The number of carbonyl (C=O) groups is 1. The monoisotopic (exact) mass is 289 g/mol. The molecule has 0 aromatic heterocycles. The van der Waals surface area contributed by atoms with Gasteiger partial charge in [-0.05, 0) is 37.8 Å². The Morgan fingerprint density at radius 1 is 1.26 bits per heavy atom. The number of hydrogen-bond donors (Lipinski definition) is 1. The molecular formula is C12H23N3O3S. The van der Waals surface area contributed by atoms with E-state index in [2.05, 4.69) is 5.32 Å². The number of likely N-dealkylation sites (tertiary alicyclic amines) is 1. The molecule has 1 N–H and O–H groups in total. The van der Waals surface area contributed by atoms with E-state index >= 15 is 0 Å². The van der Waals surface area contributed by atoms with Gasteiger partial charge in [-0.3, -0.25) is 4.79 Å². The van der Waals surface area contributed by atoms with Crippen LogP contribution in [0.5, 0.6) is 0 Å². The first-order chi connectivity index (χ1) is 8.88. The fraction of sp³-hybridized carbons (Fsp3) is 0.917. The minimum atomic E-state index is -3.28. The lowest BCUT2D eigenvalue weighted by Crippen LogP contribution is -2.41. The molecule has 19 heavy (non-hydrogen) atoms. The molecule has 2 aliphatic heterocycles. The molecule has 2 rings (SSSR count). The summed E-state index contributed by atoms with van der Waals surface area (Å²) in [5, 5.41) is 3.40. The smallest absolute Gasteiger partial charge is 0.237 e. The zero-order valence-corrected chi connectivity index (χ0v) is 12.4. The third-order valence-electron chi connectivity index (χ3n) is 4.30. The summed E-state index contributed by atoms with van der Waals surface area (Å²) < 4.78 is 23.8. The van der Waals surface area contributed by atoms with Gasteiger partial charge in [0.2, 0.25) is 15.9 Å². The van der Waals surface area contributed by atoms with E-state index in [1.165, 1.54) is 7.05 Å². The molecule has 0 saturated carbocycles. The molecule has 0 aromatic rings. The number of amides is 1. The van der Waals surface area contributed by atoms with Gasteiger partial charge in [-0.25, -0.2) is 8.42 Å². The van der Waals surface area contributed by atoms with E-state index in [0.29, 0.717) is 11.8 Å². The second kappa shape index (κ2) is 5.76. The first-order valence-electron chi connectivity index (χ1n) is 6.77. The van der Waals surface area contributed by atoms with E-state index in [9.17, 15) is 13.2 Å². The van der Waals surface area contributed by atoms with Gasteiger partial charge in [0.15, 0.2) is 0 Å². The predicted molar refractivity (Wildman–Crippen MR) is 73.1 cm³/mol. The normalized spacial score (nSPS) is 28.3. The fourth-order valence-corrected chi connectivity index (χ4v) is 3.22. The van der Waals surface area contributed by atoms with Crippen molar-refractivity contribution in [3.63, 3.8) is 0 Å². The Morgan fingerprint density at radius 2 is 1.79 bits per heavy atom. The molecule has 110 valence electrons. The lowest BCUT2D eigenvalue weighted by atomic mass is 9.92. The molecule has 1 amide bonds. The van der Waals surface area contributed by atoms with Crippen LogP contribution < -0.4 is 5.32 Å². The van der Waals surface area contributed by atoms with Crippen LogP contribution in [0.15, 0.2) is 0 Å². The van der Waals surface area contributed by atoms with E-state index in [1.807, 2.05) is 4.90 Å². The van der Waals surface area contributed by atoms with Gasteiger partial charge in [0.05, 0.1) is 12.8 Å². The molecule has 0 radical (unpaired) electrons. The number of fused-ring (bicyclic) bond motifs is 1. The number of sulfonamides is 1. The Morgan fingerprint density at radius 3 is 2.26 bits per heavy atom. The molecule has 2 saturated heterocycles. The highest BCUT2D eigenvalue weighted by Crippen LogP contribution is 2.27. The van der Waals surface area contributed by atoms with Crippen LogP contribution in [0.4, 0.5) is 0 Å². The molecule has 0 spiro atoms. The van der Waals surface area contributed by atoms with Gasteiger partial charge in [-0.15, -0.1) is 0 Å². The van der Waals surface area contributed by atoms with Gasteiger partial charge in [-0.2, -0.15) is 4.31 Å². The summed E-state index contributed by atoms with van der Waals surface area (Å²) in [5.74, 6) is 1.26. The lowest BCUT2D eigenvalue weighted by molar-refractivity contribution is -0.131. The molecule has 0 aromatic carbocycles. The second-order valence-corrected chi connectivity index (χ2v) is 7.74. The fourth-order valence-electron chi connectivity index (χ4n) is 2.88. The van der Waals surface area contributed by atoms with Crippen molar-refractivity contribution >= 4 is 15.9 Å². The van der Waals surface area contributed by atoms with Gasteiger partial charge in [-0.1, -0.05) is 0 Å². The van der Waals surface area contributed by atoms with Crippen LogP contribution in [-0.4, -0.2) is 69.6 Å². The molecule has 0 aliphatic carbocycles. The molecule has 2 fully saturated rings. The maximum atomic E-state index is 12.1. The zero-order valence-electron chi connectivity index (χ0n) is 11.6. The SMILES string of the molecule is CN(CC(=O)N1CC[C@@H]2CNC[C@@H]2CC1)S(C)(=O)=O. The third-order valence-corrected chi connectivity index (χ3v) is 5.56. The number of hydrogen-bond acceptors (Lipinski definition) is 4. The summed E-state index contributed by atoms with van der Waals surface area (Å²) in [6.07, 6.45) is 3.16. The Hall–Kier alpha value is -0.660. The summed E-state index contributed by atoms with van der Waals surface area (Å²) in [6, 6.07) is 0. The van der Waals surface area contributed by atoms with Crippen LogP contribution in [0.2, 0.25) is 0 Å². The molecule has 0 unspecified atom stereocenters. The van der Waals surface area contributed by atoms with Gasteiger partial charge in [0, 0.05) is 20.1 Å². The van der Waals surface area contributed by atoms with Crippen LogP contribution in [0, 0.1) is 11.8 Å². The van der Waals surface area contributed by atoms with Crippen LogP contribution in [0.3, 0.4) is 0 Å². The minimum absolute atomic E-state index is 0.0492. The Labute approximate surface area is 115 Å². The van der Waals surface area contributed by atoms with Crippen LogP contribution in [0.1, 0.15) is 12.8 Å². The molecule has 0 bridgehead atoms. The summed E-state index contributed by atoms with van der Waals surface area (Å²) in [4.78, 5) is 14.0. The first-order valence-corrected chi connectivity index (χ1v) is 8.62. The largest absolute Gasteiger partial charge is 0.342 e. The van der Waals surface area contributed by atoms with E-state index in [1.54, 1.807) is 0 Å². The highest BCUT2D eigenvalue weighted by atomic mass is 32.2. The topological polar surface area (TPSA) is 69.7 Å². The molecule has 2 atom stereocenters. The van der Waals surface area contributed by atoms with Gasteiger partial charge in [0.1, 0.15) is 0 Å². The summed E-state index contributed by atoms with van der Waals surface area (Å²) in [6.45, 7) is 3.55. The molecule has 7 heteroatoms. The number of nitrogens with one attached hydrogen (secondary N) is 1. The van der Waals surface area contributed by atoms with Gasteiger partial charge in [0.25, 0.3) is 0 Å². The van der Waals surface area contributed by atoms with Crippen molar-refractivity contribution in [2.24, 2.45) is 11.8 Å². The highest BCUT2D eigenvalue weighted by molar-refractivity contribution is 7.88. The van der Waals surface area contributed by atoms with Crippen LogP contribution in [0.25, 0.3) is 0 Å². The number of carbonyl (C=O) groups excluding carboxylic acids is 1. The van der Waals surface area contributed by atoms with E-state index in [-0.39, 0.29) is 12.5 Å². The summed E-state index contributed by atoms with van der Waals surface area (Å²) in [5.41, 5.74) is 0. The quantitative estimate of drug-likeness (QED) is 0.748. The Kier molecular flexibility index (Phi) is 4.47. The second-order valence-electron chi connectivity index (χ2n) is 5.66. The Bertz CT molecular complexity index is 424. The molecule has 2 aliphatic rings. The number of likely N-dealkylation sites (N-methyl/N-ethyl adjacent to an activating group) is 1. The van der Waals surface area contributed by atoms with Crippen molar-refractivity contribution in [1.29, 1.82) is 0 Å². The summed E-state index contributed by atoms with van der Waals surface area (Å²) >= 11 is 0. The maximum absolute atomic E-state index is 12.1. The average Bonchev–Trinajstić information content (AvgIpc) is 2.66. The van der Waals surface area contributed by atoms with Gasteiger partial charge < -0.3 is 10.2 Å². The van der Waals surface area contributed by atoms with Crippen LogP contribution in [-0.2, 0) is 14.8 Å².